The Labute approximate surface area is 119 Å². The molecule has 1 aliphatic rings. The van der Waals surface area contributed by atoms with Crippen molar-refractivity contribution >= 4 is 5.91 Å². The van der Waals surface area contributed by atoms with Crippen molar-refractivity contribution in [2.24, 2.45) is 5.41 Å². The van der Waals surface area contributed by atoms with Gasteiger partial charge in [0.1, 0.15) is 0 Å². The van der Waals surface area contributed by atoms with Gasteiger partial charge in [0.2, 0.25) is 0 Å². The summed E-state index contributed by atoms with van der Waals surface area (Å²) in [5, 5.41) is 12.0. The average Bonchev–Trinajstić information content (AvgIpc) is 2.94. The molecule has 2 rings (SSSR count). The van der Waals surface area contributed by atoms with E-state index in [1.165, 1.54) is 12.8 Å². The van der Waals surface area contributed by atoms with Gasteiger partial charge in [0, 0.05) is 19.1 Å². The number of hydrogen-bond acceptors (Lipinski definition) is 3. The summed E-state index contributed by atoms with van der Waals surface area (Å²) in [6, 6.07) is 8.94. The van der Waals surface area contributed by atoms with E-state index < -0.39 is 0 Å². The molecule has 1 amide bonds. The Morgan fingerprint density at radius 2 is 2.10 bits per heavy atom. The van der Waals surface area contributed by atoms with Crippen LogP contribution in [0.3, 0.4) is 0 Å². The first-order valence-electron chi connectivity index (χ1n) is 6.97. The average molecular weight is 272 g/mol. The van der Waals surface area contributed by atoms with Crippen LogP contribution in [0, 0.1) is 16.7 Å². The van der Waals surface area contributed by atoms with Crippen LogP contribution in [0.2, 0.25) is 0 Å². The SMILES string of the molecule is COCC1(CNC(=O)c2ccccc2C#N)CCCC1. The summed E-state index contributed by atoms with van der Waals surface area (Å²) in [5.41, 5.74) is 0.921. The Bertz CT molecular complexity index is 513. The van der Waals surface area contributed by atoms with E-state index in [1.807, 2.05) is 0 Å². The van der Waals surface area contributed by atoms with Crippen molar-refractivity contribution < 1.29 is 9.53 Å². The lowest BCUT2D eigenvalue weighted by Gasteiger charge is -2.28. The summed E-state index contributed by atoms with van der Waals surface area (Å²) < 4.78 is 5.31. The van der Waals surface area contributed by atoms with Gasteiger partial charge in [-0.15, -0.1) is 0 Å². The predicted octanol–water partition coefficient (Wildman–Crippen LogP) is 2.49. The van der Waals surface area contributed by atoms with Crippen LogP contribution in [0.4, 0.5) is 0 Å². The summed E-state index contributed by atoms with van der Waals surface area (Å²) in [6.45, 7) is 1.28. The zero-order valence-electron chi connectivity index (χ0n) is 11.8. The van der Waals surface area contributed by atoms with Crippen molar-refractivity contribution in [1.29, 1.82) is 5.26 Å². The Balaban J connectivity index is 2.03. The highest BCUT2D eigenvalue weighted by molar-refractivity contribution is 5.96. The number of carbonyl (C=O) groups is 1. The molecule has 106 valence electrons. The monoisotopic (exact) mass is 272 g/mol. The van der Waals surface area contributed by atoms with Gasteiger partial charge in [-0.3, -0.25) is 4.79 Å². The smallest absolute Gasteiger partial charge is 0.252 e. The molecular formula is C16H20N2O2. The first-order chi connectivity index (χ1) is 9.71. The van der Waals surface area contributed by atoms with Gasteiger partial charge < -0.3 is 10.1 Å². The first-order valence-corrected chi connectivity index (χ1v) is 6.97. The Kier molecular flexibility index (Phi) is 4.75. The summed E-state index contributed by atoms with van der Waals surface area (Å²) >= 11 is 0. The number of carbonyl (C=O) groups excluding carboxylic acids is 1. The number of nitrogens with zero attached hydrogens (tertiary/aromatic N) is 1. The van der Waals surface area contributed by atoms with E-state index >= 15 is 0 Å². The molecule has 0 unspecified atom stereocenters. The third-order valence-corrected chi connectivity index (χ3v) is 4.03. The molecule has 1 aromatic carbocycles. The molecular weight excluding hydrogens is 252 g/mol. The summed E-state index contributed by atoms with van der Waals surface area (Å²) in [6.07, 6.45) is 4.55. The second-order valence-corrected chi connectivity index (χ2v) is 5.48. The van der Waals surface area contributed by atoms with Gasteiger partial charge in [-0.1, -0.05) is 25.0 Å². The van der Waals surface area contributed by atoms with Crippen LogP contribution in [-0.2, 0) is 4.74 Å². The number of rotatable bonds is 5. The molecule has 4 nitrogen and oxygen atoms in total. The number of benzene rings is 1. The molecule has 0 atom stereocenters. The lowest BCUT2D eigenvalue weighted by atomic mass is 9.87. The predicted molar refractivity (Wildman–Crippen MR) is 76.3 cm³/mol. The molecule has 0 saturated heterocycles. The van der Waals surface area contributed by atoms with Crippen LogP contribution in [-0.4, -0.2) is 26.2 Å². The number of ether oxygens (including phenoxy) is 1. The summed E-state index contributed by atoms with van der Waals surface area (Å²) in [7, 11) is 1.70. The molecule has 0 radical (unpaired) electrons. The fourth-order valence-electron chi connectivity index (χ4n) is 2.94. The zero-order valence-corrected chi connectivity index (χ0v) is 11.8. The molecule has 0 aliphatic heterocycles. The van der Waals surface area contributed by atoms with Crippen molar-refractivity contribution in [3.05, 3.63) is 35.4 Å². The highest BCUT2D eigenvalue weighted by Gasteiger charge is 2.34. The molecule has 4 heteroatoms. The van der Waals surface area contributed by atoms with Gasteiger partial charge in [0.25, 0.3) is 5.91 Å². The Morgan fingerprint density at radius 3 is 2.75 bits per heavy atom. The fraction of sp³-hybridized carbons (Fsp3) is 0.500. The molecule has 0 aromatic heterocycles. The third kappa shape index (κ3) is 3.17. The van der Waals surface area contributed by atoms with E-state index in [4.69, 9.17) is 10.00 Å². The molecule has 1 aromatic rings. The zero-order chi connectivity index (χ0) is 14.4. The van der Waals surface area contributed by atoms with Crippen LogP contribution in [0.15, 0.2) is 24.3 Å². The van der Waals surface area contributed by atoms with Crippen LogP contribution < -0.4 is 5.32 Å². The van der Waals surface area contributed by atoms with Crippen molar-refractivity contribution in [3.63, 3.8) is 0 Å². The third-order valence-electron chi connectivity index (χ3n) is 4.03. The topological polar surface area (TPSA) is 62.1 Å². The first kappa shape index (κ1) is 14.5. The number of amides is 1. The highest BCUT2D eigenvalue weighted by atomic mass is 16.5. The minimum Gasteiger partial charge on any atom is -0.384 e. The minimum atomic E-state index is -0.176. The normalized spacial score (nSPS) is 16.6. The number of hydrogen-bond donors (Lipinski definition) is 1. The van der Waals surface area contributed by atoms with Gasteiger partial charge in [0.15, 0.2) is 0 Å². The van der Waals surface area contributed by atoms with Crippen molar-refractivity contribution in [1.82, 2.24) is 5.32 Å². The molecule has 1 aliphatic carbocycles. The molecule has 0 bridgehead atoms. The molecule has 0 spiro atoms. The van der Waals surface area contributed by atoms with E-state index in [-0.39, 0.29) is 11.3 Å². The molecule has 1 fully saturated rings. The Hall–Kier alpha value is -1.86. The van der Waals surface area contributed by atoms with E-state index in [0.717, 1.165) is 12.8 Å². The lowest BCUT2D eigenvalue weighted by Crippen LogP contribution is -2.39. The van der Waals surface area contributed by atoms with Gasteiger partial charge in [0.05, 0.1) is 23.8 Å². The highest BCUT2D eigenvalue weighted by Crippen LogP contribution is 2.37. The van der Waals surface area contributed by atoms with Crippen molar-refractivity contribution in [3.8, 4) is 6.07 Å². The summed E-state index contributed by atoms with van der Waals surface area (Å²) in [4.78, 5) is 12.2. The molecule has 1 saturated carbocycles. The van der Waals surface area contributed by atoms with Gasteiger partial charge in [-0.05, 0) is 25.0 Å². The van der Waals surface area contributed by atoms with Crippen LogP contribution in [0.25, 0.3) is 0 Å². The maximum Gasteiger partial charge on any atom is 0.252 e. The molecule has 1 N–H and O–H groups in total. The van der Waals surface area contributed by atoms with E-state index in [1.54, 1.807) is 31.4 Å². The second kappa shape index (κ2) is 6.53. The largest absolute Gasteiger partial charge is 0.384 e. The molecule has 20 heavy (non-hydrogen) atoms. The van der Waals surface area contributed by atoms with Gasteiger partial charge in [-0.25, -0.2) is 0 Å². The fourth-order valence-corrected chi connectivity index (χ4v) is 2.94. The van der Waals surface area contributed by atoms with Gasteiger partial charge in [-0.2, -0.15) is 5.26 Å². The quantitative estimate of drug-likeness (QED) is 0.895. The maximum absolute atomic E-state index is 12.2. The molecule has 0 heterocycles. The number of nitrogens with one attached hydrogen (secondary N) is 1. The van der Waals surface area contributed by atoms with Crippen LogP contribution >= 0.6 is 0 Å². The number of methoxy groups -OCH3 is 1. The second-order valence-electron chi connectivity index (χ2n) is 5.48. The van der Waals surface area contributed by atoms with Crippen LogP contribution in [0.1, 0.15) is 41.6 Å². The number of nitriles is 1. The Morgan fingerprint density at radius 1 is 1.40 bits per heavy atom. The standard InChI is InChI=1S/C16H20N2O2/c1-20-12-16(8-4-5-9-16)11-18-15(19)14-7-3-2-6-13(14)10-17/h2-3,6-7H,4-5,8-9,11-12H2,1H3,(H,18,19). The maximum atomic E-state index is 12.2. The lowest BCUT2D eigenvalue weighted by molar-refractivity contribution is 0.0740. The van der Waals surface area contributed by atoms with Crippen LogP contribution in [0.5, 0.6) is 0 Å². The van der Waals surface area contributed by atoms with E-state index in [0.29, 0.717) is 24.3 Å². The van der Waals surface area contributed by atoms with E-state index in [9.17, 15) is 4.79 Å². The van der Waals surface area contributed by atoms with Crippen molar-refractivity contribution in [2.75, 3.05) is 20.3 Å². The minimum absolute atomic E-state index is 0.0615. The van der Waals surface area contributed by atoms with Gasteiger partial charge >= 0.3 is 0 Å². The summed E-state index contributed by atoms with van der Waals surface area (Å²) in [5.74, 6) is -0.176. The van der Waals surface area contributed by atoms with Crippen molar-refractivity contribution in [2.45, 2.75) is 25.7 Å². The van der Waals surface area contributed by atoms with E-state index in [2.05, 4.69) is 11.4 Å².